The van der Waals surface area contributed by atoms with E-state index in [9.17, 15) is 13.7 Å². The van der Waals surface area contributed by atoms with E-state index in [-0.39, 0.29) is 5.75 Å². The molecule has 2 rings (SSSR count). The van der Waals surface area contributed by atoms with Crippen molar-refractivity contribution in [2.24, 2.45) is 0 Å². The highest BCUT2D eigenvalue weighted by atomic mass is 32.2. The Morgan fingerprint density at radius 3 is 2.84 bits per heavy atom. The fraction of sp³-hybridized carbons (Fsp3) is 0.538. The average molecular weight is 279 g/mol. The molecule has 0 saturated carbocycles. The summed E-state index contributed by atoms with van der Waals surface area (Å²) < 4.78 is 22.4. The number of aryl methyl sites for hydroxylation is 2. The second kappa shape index (κ2) is 5.17. The van der Waals surface area contributed by atoms with Crippen LogP contribution < -0.4 is 4.90 Å². The fourth-order valence-corrected chi connectivity index (χ4v) is 2.85. The lowest BCUT2D eigenvalue weighted by atomic mass is 10.1. The molecule has 1 aliphatic rings. The quantitative estimate of drug-likeness (QED) is 0.819. The topological polar surface area (TPSA) is 74.1 Å². The molecule has 0 atom stereocenters. The highest BCUT2D eigenvalue weighted by Crippen LogP contribution is 2.26. The van der Waals surface area contributed by atoms with Crippen LogP contribution in [0.15, 0.2) is 6.07 Å². The molecule has 0 saturated heterocycles. The second-order valence-corrected chi connectivity index (χ2v) is 7.24. The predicted molar refractivity (Wildman–Crippen MR) is 74.0 cm³/mol. The summed E-state index contributed by atoms with van der Waals surface area (Å²) >= 11 is 0. The normalized spacial score (nSPS) is 13.9. The average Bonchev–Trinajstić information content (AvgIpc) is 2.80. The molecular formula is C13H17N3O2S. The summed E-state index contributed by atoms with van der Waals surface area (Å²) in [4.78, 5) is 6.28. The van der Waals surface area contributed by atoms with Crippen LogP contribution in [-0.2, 0) is 22.7 Å². The molecule has 1 heterocycles. The number of nitriles is 1. The van der Waals surface area contributed by atoms with E-state index in [4.69, 9.17) is 0 Å². The molecule has 19 heavy (non-hydrogen) atoms. The zero-order valence-corrected chi connectivity index (χ0v) is 12.0. The Kier molecular flexibility index (Phi) is 3.76. The van der Waals surface area contributed by atoms with Crippen molar-refractivity contribution in [1.82, 2.24) is 4.98 Å². The zero-order valence-electron chi connectivity index (χ0n) is 11.2. The van der Waals surface area contributed by atoms with Crippen molar-refractivity contribution in [3.63, 3.8) is 0 Å². The molecule has 6 heteroatoms. The minimum atomic E-state index is -3.01. The van der Waals surface area contributed by atoms with Crippen LogP contribution in [0.3, 0.4) is 0 Å². The van der Waals surface area contributed by atoms with Crippen LogP contribution in [0.25, 0.3) is 0 Å². The number of pyridine rings is 1. The summed E-state index contributed by atoms with van der Waals surface area (Å²) in [5.74, 6) is 0.652. The van der Waals surface area contributed by atoms with E-state index in [0.29, 0.717) is 17.9 Å². The number of anilines is 1. The number of fused-ring (bicyclic) bond motifs is 1. The smallest absolute Gasteiger partial charge is 0.149 e. The van der Waals surface area contributed by atoms with Gasteiger partial charge in [0.15, 0.2) is 0 Å². The van der Waals surface area contributed by atoms with Gasteiger partial charge in [-0.15, -0.1) is 0 Å². The third kappa shape index (κ3) is 3.24. The van der Waals surface area contributed by atoms with Gasteiger partial charge in [-0.2, -0.15) is 5.26 Å². The highest BCUT2D eigenvalue weighted by Gasteiger charge is 2.18. The van der Waals surface area contributed by atoms with Crippen molar-refractivity contribution in [3.8, 4) is 6.07 Å². The number of nitrogens with zero attached hydrogens (tertiary/aromatic N) is 3. The van der Waals surface area contributed by atoms with Gasteiger partial charge >= 0.3 is 0 Å². The summed E-state index contributed by atoms with van der Waals surface area (Å²) in [5, 5.41) is 9.19. The maximum Gasteiger partial charge on any atom is 0.149 e. The minimum Gasteiger partial charge on any atom is -0.358 e. The van der Waals surface area contributed by atoms with Crippen LogP contribution in [0.4, 0.5) is 5.82 Å². The van der Waals surface area contributed by atoms with E-state index < -0.39 is 9.84 Å². The van der Waals surface area contributed by atoms with Gasteiger partial charge in [0, 0.05) is 25.5 Å². The first kappa shape index (κ1) is 13.8. The Morgan fingerprint density at radius 2 is 2.21 bits per heavy atom. The zero-order chi connectivity index (χ0) is 14.0. The lowest BCUT2D eigenvalue weighted by Gasteiger charge is -2.19. The molecule has 0 aromatic carbocycles. The largest absolute Gasteiger partial charge is 0.358 e. The van der Waals surface area contributed by atoms with Gasteiger partial charge < -0.3 is 4.90 Å². The van der Waals surface area contributed by atoms with E-state index in [2.05, 4.69) is 11.1 Å². The number of hydrogen-bond acceptors (Lipinski definition) is 5. The van der Waals surface area contributed by atoms with Crippen molar-refractivity contribution in [2.75, 3.05) is 30.5 Å². The lowest BCUT2D eigenvalue weighted by Crippen LogP contribution is -2.26. The fourth-order valence-electron chi connectivity index (χ4n) is 2.24. The van der Waals surface area contributed by atoms with Crippen molar-refractivity contribution < 1.29 is 8.42 Å². The lowest BCUT2D eigenvalue weighted by molar-refractivity contribution is 0.601. The molecule has 0 N–H and O–H groups in total. The molecule has 1 aromatic rings. The van der Waals surface area contributed by atoms with Crippen molar-refractivity contribution in [3.05, 3.63) is 22.9 Å². The van der Waals surface area contributed by atoms with E-state index in [1.54, 1.807) is 11.9 Å². The molecule has 1 aromatic heterocycles. The number of hydrogen-bond donors (Lipinski definition) is 0. The van der Waals surface area contributed by atoms with Gasteiger partial charge in [0.05, 0.1) is 11.3 Å². The van der Waals surface area contributed by atoms with Gasteiger partial charge in [0.1, 0.15) is 21.7 Å². The van der Waals surface area contributed by atoms with E-state index in [1.165, 1.54) is 6.26 Å². The number of aromatic nitrogens is 1. The maximum absolute atomic E-state index is 11.2. The molecule has 5 nitrogen and oxygen atoms in total. The van der Waals surface area contributed by atoms with Gasteiger partial charge in [-0.25, -0.2) is 13.4 Å². The van der Waals surface area contributed by atoms with Gasteiger partial charge in [0.25, 0.3) is 0 Å². The SMILES string of the molecule is CN(CCS(C)(=O)=O)c1nc2c(cc1C#N)CCC2. The Hall–Kier alpha value is -1.61. The molecule has 1 aliphatic carbocycles. The summed E-state index contributed by atoms with van der Waals surface area (Å²) in [6.07, 6.45) is 4.20. The van der Waals surface area contributed by atoms with Crippen LogP contribution in [0.2, 0.25) is 0 Å². The standard InChI is InChI=1S/C13H17N3O2S/c1-16(6-7-19(2,17)18)13-11(9-14)8-10-4-3-5-12(10)15-13/h8H,3-7H2,1-2H3. The molecule has 0 radical (unpaired) electrons. The Balaban J connectivity index is 2.26. The van der Waals surface area contributed by atoms with Crippen molar-refractivity contribution >= 4 is 15.7 Å². The molecule has 0 fully saturated rings. The molecule has 102 valence electrons. The van der Waals surface area contributed by atoms with Crippen LogP contribution in [0, 0.1) is 11.3 Å². The van der Waals surface area contributed by atoms with Crippen LogP contribution >= 0.6 is 0 Å². The highest BCUT2D eigenvalue weighted by molar-refractivity contribution is 7.90. The van der Waals surface area contributed by atoms with Crippen molar-refractivity contribution in [1.29, 1.82) is 5.26 Å². The third-order valence-corrected chi connectivity index (χ3v) is 4.23. The molecule has 0 bridgehead atoms. The van der Waals surface area contributed by atoms with Crippen molar-refractivity contribution in [2.45, 2.75) is 19.3 Å². The van der Waals surface area contributed by atoms with E-state index in [1.807, 2.05) is 6.07 Å². The summed E-state index contributed by atoms with van der Waals surface area (Å²) in [6, 6.07) is 4.04. The van der Waals surface area contributed by atoms with E-state index in [0.717, 1.165) is 30.5 Å². The van der Waals surface area contributed by atoms with Crippen LogP contribution in [0.5, 0.6) is 0 Å². The summed E-state index contributed by atoms with van der Waals surface area (Å²) in [6.45, 7) is 0.347. The number of sulfone groups is 1. The molecule has 0 unspecified atom stereocenters. The molecule has 0 amide bonds. The van der Waals surface area contributed by atoms with Crippen LogP contribution in [-0.4, -0.2) is 39.0 Å². The Morgan fingerprint density at radius 1 is 1.47 bits per heavy atom. The second-order valence-electron chi connectivity index (χ2n) is 4.98. The molecule has 0 aliphatic heterocycles. The van der Waals surface area contributed by atoms with E-state index >= 15 is 0 Å². The van der Waals surface area contributed by atoms with Gasteiger partial charge in [-0.05, 0) is 30.9 Å². The van der Waals surface area contributed by atoms with Gasteiger partial charge in [-0.3, -0.25) is 0 Å². The summed E-state index contributed by atoms with van der Waals surface area (Å²) in [5.41, 5.74) is 2.72. The Labute approximate surface area is 113 Å². The first-order valence-corrected chi connectivity index (χ1v) is 8.28. The first-order valence-electron chi connectivity index (χ1n) is 6.22. The Bertz CT molecular complexity index is 632. The van der Waals surface area contributed by atoms with Crippen LogP contribution in [0.1, 0.15) is 23.2 Å². The molecular weight excluding hydrogens is 262 g/mol. The summed E-state index contributed by atoms with van der Waals surface area (Å²) in [7, 11) is -1.24. The maximum atomic E-state index is 11.2. The predicted octanol–water partition coefficient (Wildman–Crippen LogP) is 0.923. The first-order chi connectivity index (χ1) is 8.90. The van der Waals surface area contributed by atoms with Gasteiger partial charge in [-0.1, -0.05) is 0 Å². The minimum absolute atomic E-state index is 0.0626. The number of rotatable bonds is 4. The monoisotopic (exact) mass is 279 g/mol. The van der Waals surface area contributed by atoms with Gasteiger partial charge in [0.2, 0.25) is 0 Å². The third-order valence-electron chi connectivity index (χ3n) is 3.31. The molecule has 0 spiro atoms.